The minimum Gasteiger partial charge on any atom is -0.496 e. The summed E-state index contributed by atoms with van der Waals surface area (Å²) in [5, 5.41) is 9.80. The molecule has 0 bridgehead atoms. The number of hydrogen-bond donors (Lipinski definition) is 1. The Bertz CT molecular complexity index is 938. The highest BCUT2D eigenvalue weighted by Gasteiger charge is 2.26. The second-order valence-corrected chi connectivity index (χ2v) is 7.46. The van der Waals surface area contributed by atoms with Crippen molar-refractivity contribution in [3.63, 3.8) is 0 Å². The van der Waals surface area contributed by atoms with Crippen LogP contribution in [0.25, 0.3) is 0 Å². The maximum atomic E-state index is 12.0. The Morgan fingerprint density at radius 2 is 1.53 bits per heavy atom. The van der Waals surface area contributed by atoms with Crippen LogP contribution in [0.5, 0.6) is 5.75 Å². The third kappa shape index (κ3) is 5.94. The van der Waals surface area contributed by atoms with Gasteiger partial charge in [-0.3, -0.25) is 4.79 Å². The van der Waals surface area contributed by atoms with Crippen LogP contribution >= 0.6 is 0 Å². The molecule has 30 heavy (non-hydrogen) atoms. The van der Waals surface area contributed by atoms with Gasteiger partial charge in [-0.05, 0) is 41.7 Å². The van der Waals surface area contributed by atoms with Crippen molar-refractivity contribution in [3.8, 4) is 5.75 Å². The van der Waals surface area contributed by atoms with Crippen molar-refractivity contribution in [2.24, 2.45) is 5.92 Å². The van der Waals surface area contributed by atoms with E-state index >= 15 is 0 Å². The average molecular weight is 405 g/mol. The Hall–Kier alpha value is -3.11. The van der Waals surface area contributed by atoms with Gasteiger partial charge in [0.2, 0.25) is 0 Å². The van der Waals surface area contributed by atoms with Gasteiger partial charge in [-0.15, -0.1) is 0 Å². The van der Waals surface area contributed by atoms with Gasteiger partial charge < -0.3 is 14.6 Å². The Kier molecular flexibility index (Phi) is 7.63. The Morgan fingerprint density at radius 3 is 2.13 bits per heavy atom. The van der Waals surface area contributed by atoms with E-state index < -0.39 is 18.0 Å². The second-order valence-electron chi connectivity index (χ2n) is 7.46. The molecular weight excluding hydrogens is 376 g/mol. The van der Waals surface area contributed by atoms with Crippen LogP contribution in [0.2, 0.25) is 0 Å². The molecule has 2 atom stereocenters. The van der Waals surface area contributed by atoms with Gasteiger partial charge in [-0.1, -0.05) is 72.8 Å². The van der Waals surface area contributed by atoms with Crippen molar-refractivity contribution in [2.45, 2.75) is 32.5 Å². The lowest BCUT2D eigenvalue weighted by Crippen LogP contribution is -2.30. The van der Waals surface area contributed by atoms with Crippen LogP contribution in [-0.2, 0) is 29.0 Å². The summed E-state index contributed by atoms with van der Waals surface area (Å²) in [7, 11) is 1.66. The minimum atomic E-state index is -0.851. The quantitative estimate of drug-likeness (QED) is 0.509. The molecule has 0 fully saturated rings. The lowest BCUT2D eigenvalue weighted by Gasteiger charge is -2.21. The summed E-state index contributed by atoms with van der Waals surface area (Å²) in [4.78, 5) is 12.0. The summed E-state index contributed by atoms with van der Waals surface area (Å²) in [6.45, 7) is 2.23. The molecule has 0 spiro atoms. The standard InChI is InChI=1S/C26H28O4/c1-19(30-18-21-11-7-4-8-12-21)24(26(27)28)17-22-13-14-25(29-2)23(16-22)15-20-9-5-3-6-10-20/h3-14,16,19,24H,15,17-18H2,1-2H3,(H,27,28)/t19-,24-/m0/s1. The van der Waals surface area contributed by atoms with Crippen molar-refractivity contribution in [2.75, 3.05) is 7.11 Å². The Balaban J connectivity index is 1.72. The van der Waals surface area contributed by atoms with Crippen molar-refractivity contribution >= 4 is 5.97 Å². The van der Waals surface area contributed by atoms with Crippen LogP contribution in [0.15, 0.2) is 78.9 Å². The molecule has 0 aromatic heterocycles. The maximum Gasteiger partial charge on any atom is 0.309 e. The lowest BCUT2D eigenvalue weighted by atomic mass is 9.92. The maximum absolute atomic E-state index is 12.0. The van der Waals surface area contributed by atoms with Crippen molar-refractivity contribution in [3.05, 3.63) is 101 Å². The van der Waals surface area contributed by atoms with Crippen LogP contribution in [0, 0.1) is 5.92 Å². The number of carbonyl (C=O) groups is 1. The fraction of sp³-hybridized carbons (Fsp3) is 0.269. The highest BCUT2D eigenvalue weighted by molar-refractivity contribution is 5.71. The predicted octanol–water partition coefficient (Wildman–Crippen LogP) is 5.13. The third-order valence-corrected chi connectivity index (χ3v) is 5.28. The second kappa shape index (κ2) is 10.6. The van der Waals surface area contributed by atoms with Crippen molar-refractivity contribution in [1.29, 1.82) is 0 Å². The van der Waals surface area contributed by atoms with E-state index in [1.54, 1.807) is 7.11 Å². The Labute approximate surface area is 178 Å². The number of benzene rings is 3. The topological polar surface area (TPSA) is 55.8 Å². The summed E-state index contributed by atoms with van der Waals surface area (Å²) in [5.74, 6) is -0.675. The number of aliphatic carboxylic acids is 1. The molecule has 0 aliphatic carbocycles. The molecule has 3 rings (SSSR count). The first-order valence-corrected chi connectivity index (χ1v) is 10.1. The number of ether oxygens (including phenoxy) is 2. The molecule has 1 N–H and O–H groups in total. The van der Waals surface area contributed by atoms with Crippen molar-refractivity contribution < 1.29 is 19.4 Å². The molecule has 0 aliphatic heterocycles. The number of methoxy groups -OCH3 is 1. The fourth-order valence-corrected chi connectivity index (χ4v) is 3.54. The zero-order valence-corrected chi connectivity index (χ0v) is 17.5. The van der Waals surface area contributed by atoms with Crippen LogP contribution in [0.4, 0.5) is 0 Å². The molecule has 0 heterocycles. The number of rotatable bonds is 10. The van der Waals surface area contributed by atoms with E-state index in [0.717, 1.165) is 28.9 Å². The third-order valence-electron chi connectivity index (χ3n) is 5.28. The molecule has 0 amide bonds. The molecule has 4 nitrogen and oxygen atoms in total. The first-order chi connectivity index (χ1) is 14.6. The monoisotopic (exact) mass is 404 g/mol. The summed E-state index contributed by atoms with van der Waals surface area (Å²) >= 11 is 0. The molecule has 0 radical (unpaired) electrons. The molecule has 4 heteroatoms. The summed E-state index contributed by atoms with van der Waals surface area (Å²) in [5.41, 5.74) is 4.22. The van der Waals surface area contributed by atoms with Gasteiger partial charge >= 0.3 is 5.97 Å². The zero-order chi connectivity index (χ0) is 21.3. The van der Waals surface area contributed by atoms with Gasteiger partial charge in [-0.25, -0.2) is 0 Å². The molecule has 156 valence electrons. The molecule has 0 saturated carbocycles. The molecular formula is C26H28O4. The molecule has 0 aliphatic rings. The lowest BCUT2D eigenvalue weighted by molar-refractivity contribution is -0.147. The van der Waals surface area contributed by atoms with Crippen LogP contribution in [0.3, 0.4) is 0 Å². The van der Waals surface area contributed by atoms with Crippen LogP contribution in [-0.4, -0.2) is 24.3 Å². The van der Waals surface area contributed by atoms with Crippen LogP contribution in [0.1, 0.15) is 29.2 Å². The van der Waals surface area contributed by atoms with E-state index in [4.69, 9.17) is 9.47 Å². The highest BCUT2D eigenvalue weighted by Crippen LogP contribution is 2.25. The Morgan fingerprint density at radius 1 is 0.900 bits per heavy atom. The van der Waals surface area contributed by atoms with Gasteiger partial charge in [-0.2, -0.15) is 0 Å². The number of carboxylic acid groups (broad SMARTS) is 1. The van der Waals surface area contributed by atoms with E-state index in [1.165, 1.54) is 5.56 Å². The first-order valence-electron chi connectivity index (χ1n) is 10.1. The zero-order valence-electron chi connectivity index (χ0n) is 17.5. The molecule has 3 aromatic rings. The van der Waals surface area contributed by atoms with Gasteiger partial charge in [0.15, 0.2) is 0 Å². The van der Waals surface area contributed by atoms with Gasteiger partial charge in [0.1, 0.15) is 5.75 Å². The van der Waals surface area contributed by atoms with E-state index in [0.29, 0.717) is 13.0 Å². The molecule has 0 saturated heterocycles. The predicted molar refractivity (Wildman–Crippen MR) is 118 cm³/mol. The minimum absolute atomic E-state index is 0.396. The molecule has 3 aromatic carbocycles. The normalized spacial score (nSPS) is 12.9. The van der Waals surface area contributed by atoms with Gasteiger partial charge in [0, 0.05) is 6.42 Å². The molecule has 0 unspecified atom stereocenters. The van der Waals surface area contributed by atoms with E-state index in [2.05, 4.69) is 12.1 Å². The smallest absolute Gasteiger partial charge is 0.309 e. The van der Waals surface area contributed by atoms with Crippen LogP contribution < -0.4 is 4.74 Å². The first kappa shape index (κ1) is 21.6. The number of carboxylic acids is 1. The summed E-state index contributed by atoms with van der Waals surface area (Å²) < 4.78 is 11.4. The van der Waals surface area contributed by atoms with Gasteiger partial charge in [0.05, 0.1) is 25.7 Å². The SMILES string of the molecule is COc1ccc(C[C@H](C(=O)O)[C@H](C)OCc2ccccc2)cc1Cc1ccccc1. The summed E-state index contributed by atoms with van der Waals surface area (Å²) in [6.07, 6.45) is 0.717. The van der Waals surface area contributed by atoms with E-state index in [9.17, 15) is 9.90 Å². The van der Waals surface area contributed by atoms with E-state index in [-0.39, 0.29) is 0 Å². The summed E-state index contributed by atoms with van der Waals surface area (Å²) in [6, 6.07) is 25.9. The average Bonchev–Trinajstić information content (AvgIpc) is 2.77. The highest BCUT2D eigenvalue weighted by atomic mass is 16.5. The fourth-order valence-electron chi connectivity index (χ4n) is 3.54. The number of hydrogen-bond acceptors (Lipinski definition) is 3. The van der Waals surface area contributed by atoms with Crippen molar-refractivity contribution in [1.82, 2.24) is 0 Å². The van der Waals surface area contributed by atoms with E-state index in [1.807, 2.05) is 73.7 Å². The van der Waals surface area contributed by atoms with Gasteiger partial charge in [0.25, 0.3) is 0 Å². The largest absolute Gasteiger partial charge is 0.496 e.